The summed E-state index contributed by atoms with van der Waals surface area (Å²) in [6.45, 7) is 0. The van der Waals surface area contributed by atoms with Gasteiger partial charge in [-0.3, -0.25) is 0 Å². The Hall–Kier alpha value is -0.300. The van der Waals surface area contributed by atoms with Gasteiger partial charge in [-0.05, 0) is 51.4 Å². The number of hydrogen-bond acceptors (Lipinski definition) is 1. The second kappa shape index (κ2) is 4.28. The molecule has 1 unspecified atom stereocenters. The molecule has 2 aliphatic carbocycles. The summed E-state index contributed by atoms with van der Waals surface area (Å²) in [6.07, 6.45) is 12.2. The molecule has 1 heteroatoms. The Balaban J connectivity index is 2.02. The maximum atomic E-state index is 6.00. The van der Waals surface area contributed by atoms with E-state index in [0.717, 1.165) is 0 Å². The molecular weight excluding hydrogens is 158 g/mol. The van der Waals surface area contributed by atoms with Crippen LogP contribution in [-0.4, -0.2) is 6.04 Å². The SMILES string of the molecule is NC1CCCC(=C2CCCCC2)C1. The first-order valence-electron chi connectivity index (χ1n) is 5.81. The van der Waals surface area contributed by atoms with E-state index in [4.69, 9.17) is 5.73 Å². The van der Waals surface area contributed by atoms with Gasteiger partial charge in [0.1, 0.15) is 0 Å². The highest BCUT2D eigenvalue weighted by Gasteiger charge is 2.17. The van der Waals surface area contributed by atoms with Crippen molar-refractivity contribution >= 4 is 0 Å². The van der Waals surface area contributed by atoms with Crippen LogP contribution in [0.15, 0.2) is 11.1 Å². The molecule has 0 spiro atoms. The van der Waals surface area contributed by atoms with Gasteiger partial charge in [0, 0.05) is 6.04 Å². The molecule has 0 aromatic heterocycles. The molecule has 0 bridgehead atoms. The monoisotopic (exact) mass is 179 g/mol. The fourth-order valence-electron chi connectivity index (χ4n) is 2.75. The lowest BCUT2D eigenvalue weighted by Gasteiger charge is -2.26. The molecule has 2 saturated carbocycles. The summed E-state index contributed by atoms with van der Waals surface area (Å²) in [5, 5.41) is 0. The van der Waals surface area contributed by atoms with Crippen molar-refractivity contribution in [3.05, 3.63) is 11.1 Å². The smallest absolute Gasteiger partial charge is 0.00762 e. The molecule has 2 N–H and O–H groups in total. The van der Waals surface area contributed by atoms with Gasteiger partial charge >= 0.3 is 0 Å². The summed E-state index contributed by atoms with van der Waals surface area (Å²) in [6, 6.07) is 0.471. The van der Waals surface area contributed by atoms with Crippen LogP contribution in [0.25, 0.3) is 0 Å². The zero-order chi connectivity index (χ0) is 9.10. The number of allylic oxidation sites excluding steroid dienone is 1. The zero-order valence-corrected chi connectivity index (χ0v) is 8.52. The maximum Gasteiger partial charge on any atom is 0.00762 e. The molecule has 0 aromatic carbocycles. The molecular formula is C12H21N. The third-order valence-corrected chi connectivity index (χ3v) is 3.52. The fourth-order valence-corrected chi connectivity index (χ4v) is 2.75. The largest absolute Gasteiger partial charge is 0.327 e. The van der Waals surface area contributed by atoms with Crippen molar-refractivity contribution in [1.29, 1.82) is 0 Å². The standard InChI is InChI=1S/C12H21N/c13-12-8-4-7-11(9-12)10-5-2-1-3-6-10/h12H,1-9,13H2. The van der Waals surface area contributed by atoms with Crippen molar-refractivity contribution in [1.82, 2.24) is 0 Å². The lowest BCUT2D eigenvalue weighted by Crippen LogP contribution is -2.24. The van der Waals surface area contributed by atoms with Crippen LogP contribution in [0.5, 0.6) is 0 Å². The second-order valence-corrected chi connectivity index (χ2v) is 4.62. The van der Waals surface area contributed by atoms with Gasteiger partial charge in [0.25, 0.3) is 0 Å². The van der Waals surface area contributed by atoms with Crippen molar-refractivity contribution < 1.29 is 0 Å². The Morgan fingerprint density at radius 2 is 1.54 bits per heavy atom. The lowest BCUT2D eigenvalue weighted by molar-refractivity contribution is 0.497. The first-order valence-corrected chi connectivity index (χ1v) is 5.81. The molecule has 1 atom stereocenters. The Labute approximate surface area is 81.4 Å². The van der Waals surface area contributed by atoms with Crippen LogP contribution in [0.3, 0.4) is 0 Å². The molecule has 2 rings (SSSR count). The van der Waals surface area contributed by atoms with Crippen LogP contribution in [0.2, 0.25) is 0 Å². The quantitative estimate of drug-likeness (QED) is 0.568. The Morgan fingerprint density at radius 1 is 0.846 bits per heavy atom. The van der Waals surface area contributed by atoms with Crippen LogP contribution in [0.1, 0.15) is 57.8 Å². The van der Waals surface area contributed by atoms with Crippen molar-refractivity contribution in [3.8, 4) is 0 Å². The van der Waals surface area contributed by atoms with Gasteiger partial charge < -0.3 is 5.73 Å². The van der Waals surface area contributed by atoms with Gasteiger partial charge in [-0.2, -0.15) is 0 Å². The third kappa shape index (κ3) is 2.34. The second-order valence-electron chi connectivity index (χ2n) is 4.62. The maximum absolute atomic E-state index is 6.00. The zero-order valence-electron chi connectivity index (χ0n) is 8.52. The van der Waals surface area contributed by atoms with E-state index in [9.17, 15) is 0 Å². The van der Waals surface area contributed by atoms with Gasteiger partial charge in [-0.15, -0.1) is 0 Å². The average Bonchev–Trinajstić information content (AvgIpc) is 2.19. The van der Waals surface area contributed by atoms with Gasteiger partial charge in [0.2, 0.25) is 0 Å². The lowest BCUT2D eigenvalue weighted by atomic mass is 9.83. The molecule has 13 heavy (non-hydrogen) atoms. The highest BCUT2D eigenvalue weighted by atomic mass is 14.6. The predicted molar refractivity (Wildman–Crippen MR) is 56.6 cm³/mol. The molecule has 0 amide bonds. The van der Waals surface area contributed by atoms with E-state index in [0.29, 0.717) is 6.04 Å². The molecule has 0 radical (unpaired) electrons. The van der Waals surface area contributed by atoms with Crippen LogP contribution in [0, 0.1) is 0 Å². The van der Waals surface area contributed by atoms with Crippen LogP contribution in [0.4, 0.5) is 0 Å². The number of hydrogen-bond donors (Lipinski definition) is 1. The van der Waals surface area contributed by atoms with Gasteiger partial charge in [-0.1, -0.05) is 17.6 Å². The Bertz CT molecular complexity index is 197. The molecule has 0 aliphatic heterocycles. The minimum absolute atomic E-state index is 0.471. The van der Waals surface area contributed by atoms with E-state index >= 15 is 0 Å². The molecule has 0 saturated heterocycles. The van der Waals surface area contributed by atoms with Crippen LogP contribution < -0.4 is 5.73 Å². The minimum Gasteiger partial charge on any atom is -0.327 e. The topological polar surface area (TPSA) is 26.0 Å². The minimum atomic E-state index is 0.471. The van der Waals surface area contributed by atoms with Crippen molar-refractivity contribution in [3.63, 3.8) is 0 Å². The predicted octanol–water partition coefficient (Wildman–Crippen LogP) is 3.15. The summed E-state index contributed by atoms with van der Waals surface area (Å²) >= 11 is 0. The normalized spacial score (nSPS) is 30.7. The highest BCUT2D eigenvalue weighted by Crippen LogP contribution is 2.32. The van der Waals surface area contributed by atoms with Crippen molar-refractivity contribution in [2.75, 3.05) is 0 Å². The van der Waals surface area contributed by atoms with Gasteiger partial charge in [0.05, 0.1) is 0 Å². The van der Waals surface area contributed by atoms with Crippen LogP contribution in [-0.2, 0) is 0 Å². The van der Waals surface area contributed by atoms with E-state index in [2.05, 4.69) is 0 Å². The molecule has 2 aliphatic rings. The van der Waals surface area contributed by atoms with Crippen molar-refractivity contribution in [2.45, 2.75) is 63.8 Å². The van der Waals surface area contributed by atoms with Gasteiger partial charge in [-0.25, -0.2) is 0 Å². The Kier molecular flexibility index (Phi) is 3.05. The summed E-state index contributed by atoms with van der Waals surface area (Å²) in [5.74, 6) is 0. The first kappa shape index (κ1) is 9.26. The van der Waals surface area contributed by atoms with Crippen molar-refractivity contribution in [2.24, 2.45) is 5.73 Å². The van der Waals surface area contributed by atoms with Crippen LogP contribution >= 0.6 is 0 Å². The highest BCUT2D eigenvalue weighted by molar-refractivity contribution is 5.18. The number of nitrogens with two attached hydrogens (primary N) is 1. The van der Waals surface area contributed by atoms with Gasteiger partial charge in [0.15, 0.2) is 0 Å². The molecule has 74 valence electrons. The fraction of sp³-hybridized carbons (Fsp3) is 0.833. The summed E-state index contributed by atoms with van der Waals surface area (Å²) in [5.41, 5.74) is 9.51. The molecule has 2 fully saturated rings. The number of rotatable bonds is 0. The van der Waals surface area contributed by atoms with E-state index in [-0.39, 0.29) is 0 Å². The molecule has 0 aromatic rings. The Morgan fingerprint density at radius 3 is 2.23 bits per heavy atom. The van der Waals surface area contributed by atoms with E-state index in [1.54, 1.807) is 11.1 Å². The van der Waals surface area contributed by atoms with E-state index < -0.39 is 0 Å². The van der Waals surface area contributed by atoms with E-state index in [1.807, 2.05) is 0 Å². The van der Waals surface area contributed by atoms with E-state index in [1.165, 1.54) is 57.8 Å². The summed E-state index contributed by atoms with van der Waals surface area (Å²) in [4.78, 5) is 0. The third-order valence-electron chi connectivity index (χ3n) is 3.52. The first-order chi connectivity index (χ1) is 6.36. The average molecular weight is 179 g/mol. The molecule has 1 nitrogen and oxygen atoms in total. The summed E-state index contributed by atoms with van der Waals surface area (Å²) < 4.78 is 0. The molecule has 0 heterocycles. The summed E-state index contributed by atoms with van der Waals surface area (Å²) in [7, 11) is 0.